The van der Waals surface area contributed by atoms with E-state index in [0.717, 1.165) is 70.0 Å². The van der Waals surface area contributed by atoms with E-state index >= 15 is 0 Å². The molecule has 0 radical (unpaired) electrons. The standard InChI is InChI=1S/C18H26N2O3/c1-3-14(18-17(4-1)22-8-2-9-23-18)11-19-12-16-13-20(7-10-21-16)15-5-6-15/h1,3-4,15-16,19H,2,5-13H2/t16-/m0/s1. The van der Waals surface area contributed by atoms with Crippen LogP contribution in [-0.4, -0.2) is 56.5 Å². The lowest BCUT2D eigenvalue weighted by atomic mass is 10.1. The minimum atomic E-state index is 0.295. The van der Waals surface area contributed by atoms with E-state index in [1.807, 2.05) is 12.1 Å². The molecular weight excluding hydrogens is 292 g/mol. The number of para-hydroxylation sites is 1. The van der Waals surface area contributed by atoms with Crippen molar-refractivity contribution in [2.45, 2.75) is 38.0 Å². The average Bonchev–Trinajstić information content (AvgIpc) is 3.42. The molecule has 0 spiro atoms. The van der Waals surface area contributed by atoms with E-state index in [2.05, 4.69) is 16.3 Å². The summed E-state index contributed by atoms with van der Waals surface area (Å²) in [7, 11) is 0. The number of morpholine rings is 1. The van der Waals surface area contributed by atoms with Crippen molar-refractivity contribution in [3.63, 3.8) is 0 Å². The number of fused-ring (bicyclic) bond motifs is 1. The summed E-state index contributed by atoms with van der Waals surface area (Å²) in [6.45, 7) is 6.15. The molecule has 2 aliphatic heterocycles. The number of ether oxygens (including phenoxy) is 3. The molecule has 5 heteroatoms. The number of rotatable bonds is 5. The molecule has 23 heavy (non-hydrogen) atoms. The summed E-state index contributed by atoms with van der Waals surface area (Å²) in [5.74, 6) is 1.78. The molecule has 1 saturated carbocycles. The molecule has 1 N–H and O–H groups in total. The molecule has 2 fully saturated rings. The van der Waals surface area contributed by atoms with Crippen LogP contribution in [0, 0.1) is 0 Å². The fourth-order valence-electron chi connectivity index (χ4n) is 3.40. The molecule has 1 aliphatic carbocycles. The monoisotopic (exact) mass is 318 g/mol. The summed E-state index contributed by atoms with van der Waals surface area (Å²) in [5, 5.41) is 3.53. The van der Waals surface area contributed by atoms with E-state index < -0.39 is 0 Å². The third-order valence-electron chi connectivity index (χ3n) is 4.77. The Hall–Kier alpha value is -1.30. The SMILES string of the molecule is c1cc(CNC[C@H]2CN(C3CC3)CCO2)c2c(c1)OCCCO2. The van der Waals surface area contributed by atoms with Gasteiger partial charge in [0, 0.05) is 44.2 Å². The van der Waals surface area contributed by atoms with Gasteiger partial charge in [-0.2, -0.15) is 0 Å². The van der Waals surface area contributed by atoms with E-state index in [9.17, 15) is 0 Å². The van der Waals surface area contributed by atoms with E-state index in [1.54, 1.807) is 0 Å². The van der Waals surface area contributed by atoms with Gasteiger partial charge in [0.15, 0.2) is 11.5 Å². The van der Waals surface area contributed by atoms with Gasteiger partial charge in [-0.3, -0.25) is 4.90 Å². The van der Waals surface area contributed by atoms with Crippen LogP contribution in [0.2, 0.25) is 0 Å². The van der Waals surface area contributed by atoms with Crippen molar-refractivity contribution in [1.29, 1.82) is 0 Å². The quantitative estimate of drug-likeness (QED) is 0.897. The van der Waals surface area contributed by atoms with Crippen LogP contribution < -0.4 is 14.8 Å². The first-order chi connectivity index (χ1) is 11.4. The molecule has 1 atom stereocenters. The highest BCUT2D eigenvalue weighted by atomic mass is 16.5. The van der Waals surface area contributed by atoms with Crippen molar-refractivity contribution in [2.75, 3.05) is 39.5 Å². The fourth-order valence-corrected chi connectivity index (χ4v) is 3.40. The molecule has 3 aliphatic rings. The third kappa shape index (κ3) is 3.79. The second-order valence-corrected chi connectivity index (χ2v) is 6.64. The van der Waals surface area contributed by atoms with Crippen LogP contribution in [0.4, 0.5) is 0 Å². The molecule has 126 valence electrons. The molecule has 1 saturated heterocycles. The number of benzene rings is 1. The van der Waals surface area contributed by atoms with Crippen molar-refractivity contribution in [2.24, 2.45) is 0 Å². The molecule has 4 rings (SSSR count). The zero-order valence-corrected chi connectivity index (χ0v) is 13.6. The Bertz CT molecular complexity index is 533. The Morgan fingerprint density at radius 1 is 1.13 bits per heavy atom. The Balaban J connectivity index is 1.31. The summed E-state index contributed by atoms with van der Waals surface area (Å²) in [6.07, 6.45) is 3.97. The van der Waals surface area contributed by atoms with Gasteiger partial charge in [-0.25, -0.2) is 0 Å². The van der Waals surface area contributed by atoms with Gasteiger partial charge in [0.05, 0.1) is 25.9 Å². The molecule has 0 amide bonds. The smallest absolute Gasteiger partial charge is 0.165 e. The van der Waals surface area contributed by atoms with E-state index in [1.165, 1.54) is 18.4 Å². The Labute approximate surface area is 137 Å². The minimum absolute atomic E-state index is 0.295. The maximum atomic E-state index is 5.90. The van der Waals surface area contributed by atoms with Gasteiger partial charge in [-0.15, -0.1) is 0 Å². The van der Waals surface area contributed by atoms with Gasteiger partial charge in [-0.05, 0) is 18.9 Å². The fraction of sp³-hybridized carbons (Fsp3) is 0.667. The number of hydrogen-bond donors (Lipinski definition) is 1. The van der Waals surface area contributed by atoms with Crippen LogP contribution in [0.1, 0.15) is 24.8 Å². The van der Waals surface area contributed by atoms with E-state index in [-0.39, 0.29) is 0 Å². The van der Waals surface area contributed by atoms with E-state index in [4.69, 9.17) is 14.2 Å². The molecule has 1 aromatic rings. The van der Waals surface area contributed by atoms with Crippen molar-refractivity contribution in [3.05, 3.63) is 23.8 Å². The first-order valence-corrected chi connectivity index (χ1v) is 8.84. The highest BCUT2D eigenvalue weighted by Crippen LogP contribution is 2.33. The molecule has 0 aromatic heterocycles. The van der Waals surface area contributed by atoms with Crippen molar-refractivity contribution < 1.29 is 14.2 Å². The third-order valence-corrected chi connectivity index (χ3v) is 4.77. The zero-order chi connectivity index (χ0) is 15.5. The Morgan fingerprint density at radius 3 is 2.96 bits per heavy atom. The van der Waals surface area contributed by atoms with Gasteiger partial charge in [0.1, 0.15) is 0 Å². The lowest BCUT2D eigenvalue weighted by Gasteiger charge is -2.33. The molecule has 0 unspecified atom stereocenters. The first kappa shape index (κ1) is 15.2. The largest absolute Gasteiger partial charge is 0.490 e. The van der Waals surface area contributed by atoms with Crippen LogP contribution in [0.25, 0.3) is 0 Å². The second kappa shape index (κ2) is 7.07. The maximum absolute atomic E-state index is 5.90. The summed E-state index contributed by atoms with van der Waals surface area (Å²) in [4.78, 5) is 2.58. The summed E-state index contributed by atoms with van der Waals surface area (Å²) in [5.41, 5.74) is 1.17. The number of nitrogens with one attached hydrogen (secondary N) is 1. The van der Waals surface area contributed by atoms with Crippen LogP contribution in [0.15, 0.2) is 18.2 Å². The molecule has 2 heterocycles. The lowest BCUT2D eigenvalue weighted by Crippen LogP contribution is -2.47. The topological polar surface area (TPSA) is 43.0 Å². The van der Waals surface area contributed by atoms with Crippen molar-refractivity contribution in [1.82, 2.24) is 10.2 Å². The number of hydrogen-bond acceptors (Lipinski definition) is 5. The van der Waals surface area contributed by atoms with Gasteiger partial charge in [0.25, 0.3) is 0 Å². The predicted molar refractivity (Wildman–Crippen MR) is 88.1 cm³/mol. The predicted octanol–water partition coefficient (Wildman–Crippen LogP) is 1.80. The number of nitrogens with zero attached hydrogens (tertiary/aromatic N) is 1. The highest BCUT2D eigenvalue weighted by Gasteiger charge is 2.32. The highest BCUT2D eigenvalue weighted by molar-refractivity contribution is 5.47. The summed E-state index contributed by atoms with van der Waals surface area (Å²) in [6, 6.07) is 6.97. The normalized spacial score (nSPS) is 25.1. The first-order valence-electron chi connectivity index (χ1n) is 8.84. The van der Waals surface area contributed by atoms with Crippen molar-refractivity contribution >= 4 is 0 Å². The van der Waals surface area contributed by atoms with Gasteiger partial charge >= 0.3 is 0 Å². The molecule has 0 bridgehead atoms. The van der Waals surface area contributed by atoms with E-state index in [0.29, 0.717) is 6.10 Å². The summed E-state index contributed by atoms with van der Waals surface area (Å²) < 4.78 is 17.5. The van der Waals surface area contributed by atoms with Crippen LogP contribution in [-0.2, 0) is 11.3 Å². The zero-order valence-electron chi connectivity index (χ0n) is 13.6. The van der Waals surface area contributed by atoms with Crippen LogP contribution >= 0.6 is 0 Å². The van der Waals surface area contributed by atoms with Crippen molar-refractivity contribution in [3.8, 4) is 11.5 Å². The Morgan fingerprint density at radius 2 is 2.04 bits per heavy atom. The average molecular weight is 318 g/mol. The van der Waals surface area contributed by atoms with Gasteiger partial charge < -0.3 is 19.5 Å². The van der Waals surface area contributed by atoms with Crippen LogP contribution in [0.3, 0.4) is 0 Å². The molecule has 1 aromatic carbocycles. The van der Waals surface area contributed by atoms with Gasteiger partial charge in [0.2, 0.25) is 0 Å². The minimum Gasteiger partial charge on any atom is -0.490 e. The molecular formula is C18H26N2O3. The Kier molecular flexibility index (Phi) is 4.69. The summed E-state index contributed by atoms with van der Waals surface area (Å²) >= 11 is 0. The van der Waals surface area contributed by atoms with Gasteiger partial charge in [-0.1, -0.05) is 12.1 Å². The molecule has 5 nitrogen and oxygen atoms in total. The van der Waals surface area contributed by atoms with Crippen LogP contribution in [0.5, 0.6) is 11.5 Å². The maximum Gasteiger partial charge on any atom is 0.165 e. The lowest BCUT2D eigenvalue weighted by molar-refractivity contribution is -0.0301. The second-order valence-electron chi connectivity index (χ2n) is 6.64.